The molecule has 4 nitrogen and oxygen atoms in total. The van der Waals surface area contributed by atoms with Crippen molar-refractivity contribution < 1.29 is 13.2 Å². The monoisotopic (exact) mass is 321 g/mol. The van der Waals surface area contributed by atoms with Gasteiger partial charge in [-0.3, -0.25) is 9.69 Å². The number of carbonyl (C=O) groups excluding carboxylic acids is 1. The Hall–Kier alpha value is -0.620. The normalized spacial score (nSPS) is 19.3. The first kappa shape index (κ1) is 14.8. The molecule has 0 saturated carbocycles. The molecule has 1 aliphatic rings. The summed E-state index contributed by atoms with van der Waals surface area (Å²) < 4.78 is 22.6. The topological polar surface area (TPSA) is 54.5 Å². The average Bonchev–Trinajstić information content (AvgIpc) is 2.35. The number of benzene rings is 1. The fraction of sp³-hybridized carbons (Fsp3) is 0.417. The number of nitrogens with zero attached hydrogens (tertiary/aromatic N) is 1. The highest BCUT2D eigenvalue weighted by molar-refractivity contribution is 7.91. The van der Waals surface area contributed by atoms with Crippen LogP contribution in [0.2, 0.25) is 10.0 Å². The number of hydrogen-bond donors (Lipinski definition) is 0. The van der Waals surface area contributed by atoms with Crippen molar-refractivity contribution in [3.05, 3.63) is 33.8 Å². The minimum Gasteiger partial charge on any atom is -0.294 e. The molecule has 104 valence electrons. The Bertz CT molecular complexity index is 587. The van der Waals surface area contributed by atoms with Gasteiger partial charge >= 0.3 is 0 Å². The van der Waals surface area contributed by atoms with Crippen molar-refractivity contribution in [1.29, 1.82) is 0 Å². The molecular formula is C12H13Cl2NO3S. The number of halogens is 2. The van der Waals surface area contributed by atoms with Crippen LogP contribution in [0.5, 0.6) is 0 Å². The minimum atomic E-state index is -2.92. The Labute approximate surface area is 122 Å². The molecule has 0 spiro atoms. The zero-order valence-corrected chi connectivity index (χ0v) is 12.4. The van der Waals surface area contributed by atoms with Crippen molar-refractivity contribution in [3.8, 4) is 0 Å². The molecule has 0 radical (unpaired) electrons. The molecule has 0 aliphatic carbocycles. The number of Topliss-reactive ketones (excluding diaryl/α,β-unsaturated/α-hetero) is 1. The summed E-state index contributed by atoms with van der Waals surface area (Å²) in [6, 6.07) is 4.74. The van der Waals surface area contributed by atoms with Gasteiger partial charge in [0.2, 0.25) is 0 Å². The van der Waals surface area contributed by atoms with Crippen molar-refractivity contribution in [3.63, 3.8) is 0 Å². The third-order valence-corrected chi connectivity index (χ3v) is 5.39. The second kappa shape index (κ2) is 5.79. The van der Waals surface area contributed by atoms with E-state index < -0.39 is 9.84 Å². The molecule has 0 unspecified atom stereocenters. The van der Waals surface area contributed by atoms with E-state index in [0.29, 0.717) is 28.7 Å². The van der Waals surface area contributed by atoms with Crippen LogP contribution in [0.25, 0.3) is 0 Å². The third kappa shape index (κ3) is 3.92. The van der Waals surface area contributed by atoms with E-state index in [4.69, 9.17) is 23.2 Å². The van der Waals surface area contributed by atoms with E-state index in [2.05, 4.69) is 0 Å². The molecule has 0 amide bonds. The second-order valence-electron chi connectivity index (χ2n) is 4.48. The first-order valence-electron chi connectivity index (χ1n) is 5.78. The number of ketones is 1. The van der Waals surface area contributed by atoms with E-state index in [9.17, 15) is 13.2 Å². The summed E-state index contributed by atoms with van der Waals surface area (Å²) >= 11 is 11.6. The van der Waals surface area contributed by atoms with Gasteiger partial charge in [0, 0.05) is 18.7 Å². The Morgan fingerprint density at radius 2 is 1.79 bits per heavy atom. The molecule has 1 fully saturated rings. The van der Waals surface area contributed by atoms with E-state index in [1.165, 1.54) is 6.07 Å². The first-order valence-corrected chi connectivity index (χ1v) is 8.36. The molecule has 1 aliphatic heterocycles. The smallest absolute Gasteiger partial charge is 0.176 e. The van der Waals surface area contributed by atoms with Crippen molar-refractivity contribution in [2.24, 2.45) is 0 Å². The lowest BCUT2D eigenvalue weighted by molar-refractivity contribution is 0.0936. The Balaban J connectivity index is 2.00. The van der Waals surface area contributed by atoms with Crippen molar-refractivity contribution in [2.45, 2.75) is 0 Å². The van der Waals surface area contributed by atoms with Gasteiger partial charge in [-0.2, -0.15) is 0 Å². The highest BCUT2D eigenvalue weighted by atomic mass is 35.5. The van der Waals surface area contributed by atoms with Gasteiger partial charge in [0.25, 0.3) is 0 Å². The standard InChI is InChI=1S/C12H13Cl2NO3S/c13-10-2-1-9(7-11(10)14)12(16)8-15-3-5-19(17,18)6-4-15/h1-2,7H,3-6,8H2. The minimum absolute atomic E-state index is 0.0853. The average molecular weight is 322 g/mol. The molecular weight excluding hydrogens is 309 g/mol. The SMILES string of the molecule is O=C(CN1CCS(=O)(=O)CC1)c1ccc(Cl)c(Cl)c1. The van der Waals surface area contributed by atoms with Gasteiger partial charge in [-0.25, -0.2) is 8.42 Å². The number of carbonyl (C=O) groups is 1. The fourth-order valence-electron chi connectivity index (χ4n) is 1.87. The lowest BCUT2D eigenvalue weighted by Gasteiger charge is -2.25. The van der Waals surface area contributed by atoms with Crippen LogP contribution in [0.15, 0.2) is 18.2 Å². The van der Waals surface area contributed by atoms with Crippen LogP contribution in [0.4, 0.5) is 0 Å². The van der Waals surface area contributed by atoms with Gasteiger partial charge in [-0.1, -0.05) is 23.2 Å². The van der Waals surface area contributed by atoms with Crippen LogP contribution in [-0.2, 0) is 9.84 Å². The summed E-state index contributed by atoms with van der Waals surface area (Å²) in [4.78, 5) is 13.9. The largest absolute Gasteiger partial charge is 0.294 e. The molecule has 0 aromatic heterocycles. The highest BCUT2D eigenvalue weighted by Crippen LogP contribution is 2.23. The molecule has 1 aromatic rings. The van der Waals surface area contributed by atoms with Gasteiger partial charge in [-0.15, -0.1) is 0 Å². The van der Waals surface area contributed by atoms with E-state index in [0.717, 1.165) is 0 Å². The molecule has 1 aromatic carbocycles. The van der Waals surface area contributed by atoms with Gasteiger partial charge in [0.15, 0.2) is 15.6 Å². The quantitative estimate of drug-likeness (QED) is 0.798. The number of sulfone groups is 1. The second-order valence-corrected chi connectivity index (χ2v) is 7.60. The zero-order valence-electron chi connectivity index (χ0n) is 10.1. The van der Waals surface area contributed by atoms with Crippen LogP contribution in [0.3, 0.4) is 0 Å². The van der Waals surface area contributed by atoms with Gasteiger partial charge in [-0.05, 0) is 18.2 Å². The predicted octanol–water partition coefficient (Wildman–Crippen LogP) is 1.91. The summed E-state index contributed by atoms with van der Waals surface area (Å²) in [6.45, 7) is 0.998. The number of hydrogen-bond acceptors (Lipinski definition) is 4. The molecule has 0 N–H and O–H groups in total. The Morgan fingerprint density at radius 3 is 2.37 bits per heavy atom. The molecule has 1 heterocycles. The predicted molar refractivity (Wildman–Crippen MR) is 75.9 cm³/mol. The molecule has 19 heavy (non-hydrogen) atoms. The van der Waals surface area contributed by atoms with Crippen LogP contribution in [-0.4, -0.2) is 50.2 Å². The fourth-order valence-corrected chi connectivity index (χ4v) is 3.45. The van der Waals surface area contributed by atoms with Crippen molar-refractivity contribution in [2.75, 3.05) is 31.1 Å². The Kier molecular flexibility index (Phi) is 4.50. The molecule has 1 saturated heterocycles. The van der Waals surface area contributed by atoms with Gasteiger partial charge in [0.05, 0.1) is 28.1 Å². The Morgan fingerprint density at radius 1 is 1.16 bits per heavy atom. The highest BCUT2D eigenvalue weighted by Gasteiger charge is 2.23. The molecule has 7 heteroatoms. The first-order chi connectivity index (χ1) is 8.87. The lowest BCUT2D eigenvalue weighted by Crippen LogP contribution is -2.42. The summed E-state index contributed by atoms with van der Waals surface area (Å²) in [5.74, 6) is 0.140. The number of rotatable bonds is 3. The maximum absolute atomic E-state index is 12.0. The summed E-state index contributed by atoms with van der Waals surface area (Å²) in [6.07, 6.45) is 0. The van der Waals surface area contributed by atoms with Gasteiger partial charge < -0.3 is 0 Å². The zero-order chi connectivity index (χ0) is 14.0. The van der Waals surface area contributed by atoms with Crippen LogP contribution in [0.1, 0.15) is 10.4 Å². The summed E-state index contributed by atoms with van der Waals surface area (Å²) in [7, 11) is -2.92. The third-order valence-electron chi connectivity index (χ3n) is 3.05. The molecule has 2 rings (SSSR count). The summed E-state index contributed by atoms with van der Waals surface area (Å²) in [5.41, 5.74) is 0.489. The maximum Gasteiger partial charge on any atom is 0.176 e. The van der Waals surface area contributed by atoms with Crippen LogP contribution < -0.4 is 0 Å². The molecule has 0 bridgehead atoms. The van der Waals surface area contributed by atoms with E-state index >= 15 is 0 Å². The van der Waals surface area contributed by atoms with Crippen LogP contribution in [0, 0.1) is 0 Å². The van der Waals surface area contributed by atoms with E-state index in [1.807, 2.05) is 4.90 Å². The van der Waals surface area contributed by atoms with Crippen molar-refractivity contribution >= 4 is 38.8 Å². The maximum atomic E-state index is 12.0. The van der Waals surface area contributed by atoms with Gasteiger partial charge in [0.1, 0.15) is 0 Å². The van der Waals surface area contributed by atoms with Crippen molar-refractivity contribution in [1.82, 2.24) is 4.90 Å². The van der Waals surface area contributed by atoms with Crippen LogP contribution >= 0.6 is 23.2 Å². The lowest BCUT2D eigenvalue weighted by atomic mass is 10.1. The van der Waals surface area contributed by atoms with E-state index in [-0.39, 0.29) is 23.8 Å². The van der Waals surface area contributed by atoms with E-state index in [1.54, 1.807) is 12.1 Å². The molecule has 0 atom stereocenters. The summed E-state index contributed by atoms with van der Waals surface area (Å²) in [5, 5.41) is 0.746.